The largest absolute Gasteiger partial charge is 0.325 e. The minimum absolute atomic E-state index is 0.0936. The Bertz CT molecular complexity index is 754. The zero-order valence-corrected chi connectivity index (χ0v) is 15.2. The predicted molar refractivity (Wildman–Crippen MR) is 98.7 cm³/mol. The third-order valence-corrected chi connectivity index (χ3v) is 4.82. The molecule has 1 aromatic heterocycles. The molecule has 1 aromatic carbocycles. The standard InChI is InChI=1S/C18H23N3O2S/c1-5-15(17(23)19-13-8-6-12(4)7-9-13)24-18-20-14(11(2)3)10-16(22)21-18/h6-11,15H,5H2,1-4H3,(H,19,23)(H,20,21,22). The average Bonchev–Trinajstić information content (AvgIpc) is 2.54. The minimum atomic E-state index is -0.322. The van der Waals surface area contributed by atoms with E-state index >= 15 is 0 Å². The summed E-state index contributed by atoms with van der Waals surface area (Å²) < 4.78 is 0. The summed E-state index contributed by atoms with van der Waals surface area (Å²) in [5.41, 5.74) is 2.45. The van der Waals surface area contributed by atoms with Crippen molar-refractivity contribution in [1.29, 1.82) is 0 Å². The Balaban J connectivity index is 2.12. The lowest BCUT2D eigenvalue weighted by Crippen LogP contribution is -2.25. The maximum atomic E-state index is 12.5. The van der Waals surface area contributed by atoms with Crippen LogP contribution in [0.2, 0.25) is 0 Å². The van der Waals surface area contributed by atoms with Crippen LogP contribution in [-0.2, 0) is 4.79 Å². The lowest BCUT2D eigenvalue weighted by atomic mass is 10.1. The molecule has 0 spiro atoms. The molecule has 0 saturated heterocycles. The number of nitrogens with zero attached hydrogens (tertiary/aromatic N) is 1. The molecule has 2 aromatic rings. The highest BCUT2D eigenvalue weighted by atomic mass is 32.2. The summed E-state index contributed by atoms with van der Waals surface area (Å²) in [6, 6.07) is 9.17. The number of amides is 1. The van der Waals surface area contributed by atoms with Gasteiger partial charge in [0.2, 0.25) is 5.91 Å². The Kier molecular flexibility index (Phi) is 6.20. The maximum Gasteiger partial charge on any atom is 0.251 e. The van der Waals surface area contributed by atoms with Crippen molar-refractivity contribution in [2.45, 2.75) is 50.4 Å². The first-order valence-electron chi connectivity index (χ1n) is 8.04. The van der Waals surface area contributed by atoms with Crippen LogP contribution in [-0.4, -0.2) is 21.1 Å². The first kappa shape index (κ1) is 18.3. The quantitative estimate of drug-likeness (QED) is 0.618. The number of thioether (sulfide) groups is 1. The van der Waals surface area contributed by atoms with Crippen molar-refractivity contribution in [2.24, 2.45) is 0 Å². The van der Waals surface area contributed by atoms with Gasteiger partial charge in [0.05, 0.1) is 10.9 Å². The number of carbonyl (C=O) groups is 1. The molecule has 0 aliphatic rings. The molecular formula is C18H23N3O2S. The van der Waals surface area contributed by atoms with E-state index in [-0.39, 0.29) is 22.6 Å². The van der Waals surface area contributed by atoms with Gasteiger partial charge < -0.3 is 10.3 Å². The number of aromatic amines is 1. The van der Waals surface area contributed by atoms with Crippen molar-refractivity contribution in [1.82, 2.24) is 9.97 Å². The molecule has 0 aliphatic carbocycles. The second-order valence-corrected chi connectivity index (χ2v) is 7.19. The fraction of sp³-hybridized carbons (Fsp3) is 0.389. The van der Waals surface area contributed by atoms with Gasteiger partial charge in [0.15, 0.2) is 5.16 Å². The zero-order chi connectivity index (χ0) is 17.7. The highest BCUT2D eigenvalue weighted by Crippen LogP contribution is 2.24. The molecule has 24 heavy (non-hydrogen) atoms. The predicted octanol–water partition coefficient (Wildman–Crippen LogP) is 3.71. The van der Waals surface area contributed by atoms with E-state index in [1.807, 2.05) is 52.0 Å². The van der Waals surface area contributed by atoms with E-state index in [1.165, 1.54) is 17.8 Å². The van der Waals surface area contributed by atoms with Crippen molar-refractivity contribution in [2.75, 3.05) is 5.32 Å². The number of nitrogens with one attached hydrogen (secondary N) is 2. The van der Waals surface area contributed by atoms with Crippen molar-refractivity contribution in [3.8, 4) is 0 Å². The van der Waals surface area contributed by atoms with E-state index in [1.54, 1.807) is 0 Å². The Morgan fingerprint density at radius 2 is 1.96 bits per heavy atom. The van der Waals surface area contributed by atoms with E-state index < -0.39 is 0 Å². The second kappa shape index (κ2) is 8.15. The molecule has 2 N–H and O–H groups in total. The summed E-state index contributed by atoms with van der Waals surface area (Å²) >= 11 is 1.29. The lowest BCUT2D eigenvalue weighted by molar-refractivity contribution is -0.115. The van der Waals surface area contributed by atoms with Gasteiger partial charge in [-0.15, -0.1) is 0 Å². The van der Waals surface area contributed by atoms with E-state index in [4.69, 9.17) is 0 Å². The van der Waals surface area contributed by atoms with Crippen LogP contribution < -0.4 is 10.9 Å². The van der Waals surface area contributed by atoms with Crippen LogP contribution >= 0.6 is 11.8 Å². The number of aromatic nitrogens is 2. The Hall–Kier alpha value is -2.08. The van der Waals surface area contributed by atoms with Crippen LogP contribution in [0.1, 0.15) is 44.4 Å². The monoisotopic (exact) mass is 345 g/mol. The SMILES string of the molecule is CCC(Sc1nc(C(C)C)cc(=O)[nH]1)C(=O)Nc1ccc(C)cc1. The van der Waals surface area contributed by atoms with Crippen LogP contribution in [0.25, 0.3) is 0 Å². The normalized spacial score (nSPS) is 12.2. The van der Waals surface area contributed by atoms with Gasteiger partial charge in [-0.1, -0.05) is 50.2 Å². The van der Waals surface area contributed by atoms with E-state index in [0.29, 0.717) is 11.6 Å². The van der Waals surface area contributed by atoms with Crippen molar-refractivity contribution >= 4 is 23.4 Å². The van der Waals surface area contributed by atoms with Gasteiger partial charge in [0, 0.05) is 11.8 Å². The summed E-state index contributed by atoms with van der Waals surface area (Å²) in [6.45, 7) is 7.91. The molecule has 0 aliphatic heterocycles. The van der Waals surface area contributed by atoms with Gasteiger partial charge >= 0.3 is 0 Å². The van der Waals surface area contributed by atoms with Crippen LogP contribution in [0, 0.1) is 6.92 Å². The molecule has 1 unspecified atom stereocenters. The molecule has 0 bridgehead atoms. The van der Waals surface area contributed by atoms with Gasteiger partial charge in [0.1, 0.15) is 0 Å². The van der Waals surface area contributed by atoms with Gasteiger partial charge in [-0.25, -0.2) is 4.98 Å². The fourth-order valence-corrected chi connectivity index (χ4v) is 3.04. The number of aryl methyl sites for hydroxylation is 1. The Morgan fingerprint density at radius 1 is 1.29 bits per heavy atom. The molecule has 5 nitrogen and oxygen atoms in total. The molecule has 1 amide bonds. The van der Waals surface area contributed by atoms with Gasteiger partial charge in [0.25, 0.3) is 5.56 Å². The molecule has 0 saturated carbocycles. The molecular weight excluding hydrogens is 322 g/mol. The lowest BCUT2D eigenvalue weighted by Gasteiger charge is -2.15. The number of carbonyl (C=O) groups excluding carboxylic acids is 1. The van der Waals surface area contributed by atoms with Crippen LogP contribution in [0.3, 0.4) is 0 Å². The van der Waals surface area contributed by atoms with Crippen molar-refractivity contribution < 1.29 is 4.79 Å². The Labute approximate surface area is 146 Å². The van der Waals surface area contributed by atoms with Gasteiger partial charge in [-0.05, 0) is 31.4 Å². The molecule has 0 fully saturated rings. The first-order valence-corrected chi connectivity index (χ1v) is 8.92. The van der Waals surface area contributed by atoms with Crippen LogP contribution in [0.5, 0.6) is 0 Å². The highest BCUT2D eigenvalue weighted by molar-refractivity contribution is 8.00. The minimum Gasteiger partial charge on any atom is -0.325 e. The number of hydrogen-bond donors (Lipinski definition) is 2. The number of benzene rings is 1. The number of rotatable bonds is 6. The van der Waals surface area contributed by atoms with Gasteiger partial charge in [-0.3, -0.25) is 9.59 Å². The molecule has 2 rings (SSSR count). The third-order valence-electron chi connectivity index (χ3n) is 3.57. The average molecular weight is 345 g/mol. The van der Waals surface area contributed by atoms with Crippen LogP contribution in [0.15, 0.2) is 40.3 Å². The highest BCUT2D eigenvalue weighted by Gasteiger charge is 2.20. The second-order valence-electron chi connectivity index (χ2n) is 6.00. The molecule has 128 valence electrons. The summed E-state index contributed by atoms with van der Waals surface area (Å²) in [5.74, 6) is 0.0667. The zero-order valence-electron chi connectivity index (χ0n) is 14.4. The van der Waals surface area contributed by atoms with Crippen molar-refractivity contribution in [3.05, 3.63) is 51.9 Å². The molecule has 6 heteroatoms. The molecule has 1 atom stereocenters. The number of anilines is 1. The summed E-state index contributed by atoms with van der Waals surface area (Å²) in [5, 5.41) is 3.07. The maximum absolute atomic E-state index is 12.5. The first-order chi connectivity index (χ1) is 11.4. The van der Waals surface area contributed by atoms with Crippen LogP contribution in [0.4, 0.5) is 5.69 Å². The Morgan fingerprint density at radius 3 is 2.54 bits per heavy atom. The molecule has 1 heterocycles. The third kappa shape index (κ3) is 4.96. The number of hydrogen-bond acceptors (Lipinski definition) is 4. The van der Waals surface area contributed by atoms with Gasteiger partial charge in [-0.2, -0.15) is 0 Å². The van der Waals surface area contributed by atoms with Crippen molar-refractivity contribution in [3.63, 3.8) is 0 Å². The summed E-state index contributed by atoms with van der Waals surface area (Å²) in [6.07, 6.45) is 0.637. The fourth-order valence-electron chi connectivity index (χ4n) is 2.12. The molecule has 0 radical (unpaired) electrons. The summed E-state index contributed by atoms with van der Waals surface area (Å²) in [7, 11) is 0. The number of H-pyrrole nitrogens is 1. The van der Waals surface area contributed by atoms with E-state index in [9.17, 15) is 9.59 Å². The van der Waals surface area contributed by atoms with E-state index in [2.05, 4.69) is 15.3 Å². The smallest absolute Gasteiger partial charge is 0.251 e. The topological polar surface area (TPSA) is 74.8 Å². The summed E-state index contributed by atoms with van der Waals surface area (Å²) in [4.78, 5) is 31.4. The van der Waals surface area contributed by atoms with E-state index in [0.717, 1.165) is 16.9 Å².